The minimum Gasteiger partial charge on any atom is -0.401 e. The molecule has 0 spiro atoms. The molecule has 1 atom stereocenters. The number of para-hydroxylation sites is 1. The molecule has 2 aromatic rings. The first kappa shape index (κ1) is 17.3. The molecule has 1 amide bonds. The molecular formula is C18H18N4O5. The van der Waals surface area contributed by atoms with Crippen LogP contribution in [0.4, 0.5) is 11.6 Å². The Balaban J connectivity index is 1.70. The average molecular weight is 370 g/mol. The molecule has 1 fully saturated rings. The zero-order valence-electron chi connectivity index (χ0n) is 14.4. The van der Waals surface area contributed by atoms with Crippen LogP contribution in [-0.2, 0) is 4.74 Å². The van der Waals surface area contributed by atoms with E-state index in [0.717, 1.165) is 0 Å². The summed E-state index contributed by atoms with van der Waals surface area (Å²) in [6, 6.07) is 10.1. The molecule has 3 heterocycles. The average Bonchev–Trinajstić information content (AvgIpc) is 3.17. The molecule has 2 aliphatic heterocycles. The zero-order valence-corrected chi connectivity index (χ0v) is 14.4. The number of hydrogen-bond acceptors (Lipinski definition) is 7. The Morgan fingerprint density at radius 3 is 2.67 bits per heavy atom. The standard InChI is InChI=1S/C18H18N4O5/c23-17-14-3-1-2-4-15(14)19-18(20-17,21-9-11-26-12-10-21)8-7-13-5-6-16(27-13)22(24)25/h1-8,19H,9-12H2,(H,20,23). The number of amides is 1. The number of carbonyl (C=O) groups is 1. The molecule has 2 aliphatic rings. The van der Waals surface area contributed by atoms with Gasteiger partial charge in [0.1, 0.15) is 10.7 Å². The highest BCUT2D eigenvalue weighted by atomic mass is 16.6. The SMILES string of the molecule is O=C1NC(C=Cc2ccc([N+](=O)[O-])o2)(N2CCOCC2)Nc2ccccc21. The minimum absolute atomic E-state index is 0.203. The van der Waals surface area contributed by atoms with Gasteiger partial charge >= 0.3 is 5.88 Å². The summed E-state index contributed by atoms with van der Waals surface area (Å²) in [4.78, 5) is 25.0. The number of anilines is 1. The van der Waals surface area contributed by atoms with E-state index in [1.807, 2.05) is 12.1 Å². The van der Waals surface area contributed by atoms with Crippen molar-refractivity contribution in [2.75, 3.05) is 31.6 Å². The minimum atomic E-state index is -0.989. The van der Waals surface area contributed by atoms with Gasteiger partial charge in [0.2, 0.25) is 0 Å². The van der Waals surface area contributed by atoms with Crippen molar-refractivity contribution in [1.29, 1.82) is 0 Å². The number of nitro groups is 1. The smallest absolute Gasteiger partial charge is 0.401 e. The Morgan fingerprint density at radius 2 is 1.93 bits per heavy atom. The lowest BCUT2D eigenvalue weighted by atomic mass is 10.0. The molecule has 1 aromatic heterocycles. The summed E-state index contributed by atoms with van der Waals surface area (Å²) in [7, 11) is 0. The fourth-order valence-electron chi connectivity index (χ4n) is 3.26. The van der Waals surface area contributed by atoms with Crippen molar-refractivity contribution in [1.82, 2.24) is 10.2 Å². The van der Waals surface area contributed by atoms with Crippen molar-refractivity contribution in [2.45, 2.75) is 5.79 Å². The number of ether oxygens (including phenoxy) is 1. The van der Waals surface area contributed by atoms with E-state index in [4.69, 9.17) is 9.15 Å². The lowest BCUT2D eigenvalue weighted by Crippen LogP contribution is -2.68. The quantitative estimate of drug-likeness (QED) is 0.626. The van der Waals surface area contributed by atoms with Crippen LogP contribution in [0.15, 0.2) is 46.9 Å². The predicted octanol–water partition coefficient (Wildman–Crippen LogP) is 2.04. The van der Waals surface area contributed by atoms with E-state index in [0.29, 0.717) is 43.3 Å². The molecule has 9 nitrogen and oxygen atoms in total. The third kappa shape index (κ3) is 3.29. The van der Waals surface area contributed by atoms with Crippen LogP contribution < -0.4 is 10.6 Å². The van der Waals surface area contributed by atoms with Crippen molar-refractivity contribution >= 4 is 23.6 Å². The second kappa shape index (κ2) is 6.86. The molecule has 1 saturated heterocycles. The lowest BCUT2D eigenvalue weighted by Gasteiger charge is -2.47. The van der Waals surface area contributed by atoms with Crippen LogP contribution in [-0.4, -0.2) is 47.8 Å². The first-order chi connectivity index (χ1) is 13.1. The van der Waals surface area contributed by atoms with Gasteiger partial charge in [-0.3, -0.25) is 19.8 Å². The summed E-state index contributed by atoms with van der Waals surface area (Å²) in [5.74, 6) is -1.20. The summed E-state index contributed by atoms with van der Waals surface area (Å²) in [6.45, 7) is 2.30. The second-order valence-electron chi connectivity index (χ2n) is 6.26. The molecule has 4 rings (SSSR count). The Labute approximate surface area is 154 Å². The maximum absolute atomic E-state index is 12.7. The number of morpholine rings is 1. The number of nitrogens with zero attached hydrogens (tertiary/aromatic N) is 2. The van der Waals surface area contributed by atoms with Crippen LogP contribution in [0.25, 0.3) is 6.08 Å². The van der Waals surface area contributed by atoms with E-state index < -0.39 is 10.7 Å². The fraction of sp³-hybridized carbons (Fsp3) is 0.278. The Hall–Kier alpha value is -3.17. The summed E-state index contributed by atoms with van der Waals surface area (Å²) >= 11 is 0. The van der Waals surface area contributed by atoms with Crippen LogP contribution in [0.3, 0.4) is 0 Å². The third-order valence-corrected chi connectivity index (χ3v) is 4.59. The highest BCUT2D eigenvalue weighted by Gasteiger charge is 2.41. The molecule has 2 N–H and O–H groups in total. The summed E-state index contributed by atoms with van der Waals surface area (Å²) < 4.78 is 10.6. The molecule has 1 unspecified atom stereocenters. The van der Waals surface area contributed by atoms with E-state index in [1.54, 1.807) is 24.3 Å². The molecule has 0 aliphatic carbocycles. The van der Waals surface area contributed by atoms with Crippen LogP contribution in [0.5, 0.6) is 0 Å². The number of furan rings is 1. The number of nitrogens with one attached hydrogen (secondary N) is 2. The molecule has 0 saturated carbocycles. The number of benzene rings is 1. The van der Waals surface area contributed by atoms with E-state index in [1.165, 1.54) is 12.1 Å². The summed E-state index contributed by atoms with van der Waals surface area (Å²) in [5, 5.41) is 17.2. The van der Waals surface area contributed by atoms with Crippen LogP contribution in [0, 0.1) is 10.1 Å². The van der Waals surface area contributed by atoms with Crippen LogP contribution in [0.2, 0.25) is 0 Å². The molecule has 27 heavy (non-hydrogen) atoms. The lowest BCUT2D eigenvalue weighted by molar-refractivity contribution is -0.402. The second-order valence-corrected chi connectivity index (χ2v) is 6.26. The molecule has 9 heteroatoms. The van der Waals surface area contributed by atoms with E-state index in [9.17, 15) is 14.9 Å². The number of rotatable bonds is 4. The molecule has 140 valence electrons. The van der Waals surface area contributed by atoms with Gasteiger partial charge in [0.15, 0.2) is 5.79 Å². The van der Waals surface area contributed by atoms with Gasteiger partial charge in [-0.05, 0) is 30.4 Å². The van der Waals surface area contributed by atoms with Gasteiger partial charge in [0, 0.05) is 18.8 Å². The third-order valence-electron chi connectivity index (χ3n) is 4.59. The largest absolute Gasteiger partial charge is 0.433 e. The van der Waals surface area contributed by atoms with Crippen molar-refractivity contribution in [3.8, 4) is 0 Å². The van der Waals surface area contributed by atoms with E-state index in [-0.39, 0.29) is 11.8 Å². The highest BCUT2D eigenvalue weighted by molar-refractivity contribution is 6.02. The zero-order chi connectivity index (χ0) is 18.9. The van der Waals surface area contributed by atoms with Gasteiger partial charge in [-0.15, -0.1) is 0 Å². The topological polar surface area (TPSA) is 110 Å². The van der Waals surface area contributed by atoms with Gasteiger partial charge in [-0.1, -0.05) is 12.1 Å². The fourth-order valence-corrected chi connectivity index (χ4v) is 3.26. The highest BCUT2D eigenvalue weighted by Crippen LogP contribution is 2.29. The maximum Gasteiger partial charge on any atom is 0.433 e. The number of fused-ring (bicyclic) bond motifs is 1. The van der Waals surface area contributed by atoms with Gasteiger partial charge in [-0.25, -0.2) is 0 Å². The van der Waals surface area contributed by atoms with Gasteiger partial charge in [0.05, 0.1) is 24.8 Å². The Morgan fingerprint density at radius 1 is 1.15 bits per heavy atom. The van der Waals surface area contributed by atoms with Gasteiger partial charge in [0.25, 0.3) is 5.91 Å². The maximum atomic E-state index is 12.7. The summed E-state index contributed by atoms with van der Waals surface area (Å²) in [6.07, 6.45) is 3.36. The first-order valence-electron chi connectivity index (χ1n) is 8.53. The van der Waals surface area contributed by atoms with Crippen molar-refractivity contribution in [3.63, 3.8) is 0 Å². The van der Waals surface area contributed by atoms with E-state index in [2.05, 4.69) is 15.5 Å². The monoisotopic (exact) mass is 370 g/mol. The Bertz CT molecular complexity index is 903. The molecular weight excluding hydrogens is 352 g/mol. The van der Waals surface area contributed by atoms with Crippen molar-refractivity contribution in [2.24, 2.45) is 0 Å². The number of carbonyl (C=O) groups excluding carboxylic acids is 1. The van der Waals surface area contributed by atoms with Crippen LogP contribution in [0.1, 0.15) is 16.1 Å². The first-order valence-corrected chi connectivity index (χ1v) is 8.53. The Kier molecular flexibility index (Phi) is 4.38. The van der Waals surface area contributed by atoms with Crippen molar-refractivity contribution in [3.05, 3.63) is 63.9 Å². The predicted molar refractivity (Wildman–Crippen MR) is 97.1 cm³/mol. The molecule has 0 bridgehead atoms. The normalized spacial score (nSPS) is 22.9. The van der Waals surface area contributed by atoms with Gasteiger partial charge < -0.3 is 19.8 Å². The molecule has 1 aromatic carbocycles. The van der Waals surface area contributed by atoms with E-state index >= 15 is 0 Å². The van der Waals surface area contributed by atoms with Gasteiger partial charge in [-0.2, -0.15) is 0 Å². The number of hydrogen-bond donors (Lipinski definition) is 2. The van der Waals surface area contributed by atoms with Crippen LogP contribution >= 0.6 is 0 Å². The summed E-state index contributed by atoms with van der Waals surface area (Å²) in [5.41, 5.74) is 1.27. The molecule has 0 radical (unpaired) electrons. The van der Waals surface area contributed by atoms with Crippen molar-refractivity contribution < 1.29 is 18.9 Å².